The van der Waals surface area contributed by atoms with E-state index in [1.54, 1.807) is 14.2 Å². The molecule has 1 aliphatic rings. The fraction of sp³-hybridized carbons (Fsp3) is 0.650. The van der Waals surface area contributed by atoms with Crippen LogP contribution in [0.1, 0.15) is 32.3 Å². The van der Waals surface area contributed by atoms with Crippen LogP contribution in [-0.2, 0) is 25.5 Å². The summed E-state index contributed by atoms with van der Waals surface area (Å²) >= 11 is 0. The van der Waals surface area contributed by atoms with Crippen LogP contribution in [0.15, 0.2) is 24.3 Å². The summed E-state index contributed by atoms with van der Waals surface area (Å²) in [6.07, 6.45) is 1.74. The lowest BCUT2D eigenvalue weighted by Crippen LogP contribution is -2.36. The van der Waals surface area contributed by atoms with E-state index in [4.69, 9.17) is 18.9 Å². The number of nitrogens with zero attached hydrogens (tertiary/aromatic N) is 1. The Morgan fingerprint density at radius 3 is 2.31 bits per heavy atom. The van der Waals surface area contributed by atoms with E-state index in [1.165, 1.54) is 5.56 Å². The molecule has 0 spiro atoms. The van der Waals surface area contributed by atoms with E-state index in [0.717, 1.165) is 38.2 Å². The summed E-state index contributed by atoms with van der Waals surface area (Å²) in [5.74, 6) is 0.0443. The van der Waals surface area contributed by atoms with Gasteiger partial charge in [0.2, 0.25) is 0 Å². The van der Waals surface area contributed by atoms with Crippen LogP contribution in [0, 0.1) is 5.92 Å². The minimum absolute atomic E-state index is 0.0484. The smallest absolute Gasteiger partial charge is 0.309 e. The Labute approximate surface area is 156 Å². The Kier molecular flexibility index (Phi) is 7.87. The van der Waals surface area contributed by atoms with Crippen molar-refractivity contribution in [2.75, 3.05) is 40.5 Å². The maximum atomic E-state index is 11.8. The molecule has 1 fully saturated rings. The number of benzene rings is 1. The molecule has 0 N–H and O–H groups in total. The van der Waals surface area contributed by atoms with E-state index >= 15 is 0 Å². The average molecular weight is 365 g/mol. The lowest BCUT2D eigenvalue weighted by atomic mass is 9.96. The topological polar surface area (TPSA) is 57.2 Å². The molecule has 0 aromatic heterocycles. The van der Waals surface area contributed by atoms with E-state index in [2.05, 4.69) is 17.0 Å². The van der Waals surface area contributed by atoms with Crippen molar-refractivity contribution >= 4 is 5.97 Å². The lowest BCUT2D eigenvalue weighted by molar-refractivity contribution is -0.209. The summed E-state index contributed by atoms with van der Waals surface area (Å²) in [6.45, 7) is 7.18. The number of likely N-dealkylation sites (tertiary alicyclic amines) is 1. The maximum Gasteiger partial charge on any atom is 0.309 e. The molecule has 2 rings (SSSR count). The molecule has 1 aromatic carbocycles. The number of carbonyl (C=O) groups excluding carboxylic acids is 1. The first-order valence-electron chi connectivity index (χ1n) is 9.20. The van der Waals surface area contributed by atoms with Crippen LogP contribution in [0.5, 0.6) is 5.75 Å². The first kappa shape index (κ1) is 20.7. The molecule has 6 nitrogen and oxygen atoms in total. The number of methoxy groups -OCH3 is 2. The molecule has 1 aliphatic heterocycles. The van der Waals surface area contributed by atoms with Crippen LogP contribution in [0.25, 0.3) is 0 Å². The van der Waals surface area contributed by atoms with Crippen LogP contribution in [0.4, 0.5) is 0 Å². The zero-order valence-corrected chi connectivity index (χ0v) is 16.3. The van der Waals surface area contributed by atoms with Gasteiger partial charge in [-0.25, -0.2) is 0 Å². The molecule has 0 radical (unpaired) electrons. The zero-order valence-electron chi connectivity index (χ0n) is 16.3. The van der Waals surface area contributed by atoms with Crippen LogP contribution in [0.2, 0.25) is 0 Å². The number of hydrogen-bond donors (Lipinski definition) is 0. The number of rotatable bonds is 9. The van der Waals surface area contributed by atoms with Gasteiger partial charge >= 0.3 is 5.97 Å². The summed E-state index contributed by atoms with van der Waals surface area (Å²) in [7, 11) is 3.20. The van der Waals surface area contributed by atoms with Crippen LogP contribution in [0.3, 0.4) is 0 Å². The van der Waals surface area contributed by atoms with Gasteiger partial charge in [0.15, 0.2) is 5.79 Å². The second-order valence-corrected chi connectivity index (χ2v) is 6.78. The van der Waals surface area contributed by atoms with Gasteiger partial charge in [-0.3, -0.25) is 9.69 Å². The number of hydrogen-bond acceptors (Lipinski definition) is 6. The fourth-order valence-corrected chi connectivity index (χ4v) is 2.95. The van der Waals surface area contributed by atoms with Crippen LogP contribution >= 0.6 is 0 Å². The van der Waals surface area contributed by atoms with E-state index in [9.17, 15) is 4.79 Å². The maximum absolute atomic E-state index is 11.8. The quantitative estimate of drug-likeness (QED) is 0.495. The third kappa shape index (κ3) is 5.97. The molecule has 0 unspecified atom stereocenters. The monoisotopic (exact) mass is 365 g/mol. The highest BCUT2D eigenvalue weighted by atomic mass is 16.7. The van der Waals surface area contributed by atoms with Gasteiger partial charge in [0, 0.05) is 20.8 Å². The molecule has 0 atom stereocenters. The summed E-state index contributed by atoms with van der Waals surface area (Å²) in [6, 6.07) is 8.08. The molecule has 0 bridgehead atoms. The third-order valence-electron chi connectivity index (χ3n) is 4.90. The van der Waals surface area contributed by atoms with Crippen molar-refractivity contribution in [3.8, 4) is 5.75 Å². The number of ether oxygens (including phenoxy) is 4. The number of esters is 1. The Hall–Kier alpha value is -1.63. The van der Waals surface area contributed by atoms with Gasteiger partial charge in [-0.15, -0.1) is 0 Å². The predicted molar refractivity (Wildman–Crippen MR) is 99.0 cm³/mol. The molecule has 0 amide bonds. The molecular formula is C20H31NO5. The Bertz CT molecular complexity index is 548. The second-order valence-electron chi connectivity index (χ2n) is 6.78. The highest BCUT2D eigenvalue weighted by Gasteiger charge is 2.26. The molecule has 26 heavy (non-hydrogen) atoms. The molecule has 6 heteroatoms. The van der Waals surface area contributed by atoms with Gasteiger partial charge in [0.25, 0.3) is 0 Å². The number of carbonyl (C=O) groups is 1. The first-order chi connectivity index (χ1) is 12.5. The van der Waals surface area contributed by atoms with Crippen molar-refractivity contribution in [2.45, 2.75) is 39.0 Å². The molecule has 0 aliphatic carbocycles. The van der Waals surface area contributed by atoms with Gasteiger partial charge in [-0.05, 0) is 57.5 Å². The lowest BCUT2D eigenvalue weighted by Gasteiger charge is -2.30. The summed E-state index contributed by atoms with van der Waals surface area (Å²) in [5, 5.41) is 0. The zero-order chi connectivity index (χ0) is 19.0. The highest BCUT2D eigenvalue weighted by molar-refractivity contribution is 5.72. The van der Waals surface area contributed by atoms with Gasteiger partial charge in [-0.2, -0.15) is 0 Å². The van der Waals surface area contributed by atoms with E-state index in [-0.39, 0.29) is 11.9 Å². The Balaban J connectivity index is 1.78. The average Bonchev–Trinajstić information content (AvgIpc) is 2.68. The number of piperidine rings is 1. The fourth-order valence-electron chi connectivity index (χ4n) is 2.95. The Morgan fingerprint density at radius 1 is 1.15 bits per heavy atom. The minimum Gasteiger partial charge on any atom is -0.488 e. The van der Waals surface area contributed by atoms with Crippen LogP contribution in [-0.4, -0.2) is 57.2 Å². The summed E-state index contributed by atoms with van der Waals surface area (Å²) < 4.78 is 21.4. The summed E-state index contributed by atoms with van der Waals surface area (Å²) in [4.78, 5) is 14.2. The molecule has 0 saturated carbocycles. The predicted octanol–water partition coefficient (Wildman–Crippen LogP) is 2.85. The molecule has 1 heterocycles. The molecule has 146 valence electrons. The van der Waals surface area contributed by atoms with Gasteiger partial charge < -0.3 is 18.9 Å². The first-order valence-corrected chi connectivity index (χ1v) is 9.20. The molecular weight excluding hydrogens is 334 g/mol. The SMILES string of the molecule is CCOC(=O)C1CCN(Cc2ccc(OCC(C)(OC)OC)cc2)CC1. The van der Waals surface area contributed by atoms with E-state index in [0.29, 0.717) is 13.2 Å². The third-order valence-corrected chi connectivity index (χ3v) is 4.90. The van der Waals surface area contributed by atoms with Crippen molar-refractivity contribution < 1.29 is 23.7 Å². The van der Waals surface area contributed by atoms with Crippen molar-refractivity contribution in [3.05, 3.63) is 29.8 Å². The summed E-state index contributed by atoms with van der Waals surface area (Å²) in [5.41, 5.74) is 1.23. The van der Waals surface area contributed by atoms with Crippen molar-refractivity contribution in [1.82, 2.24) is 4.90 Å². The van der Waals surface area contributed by atoms with E-state index < -0.39 is 5.79 Å². The van der Waals surface area contributed by atoms with Gasteiger partial charge in [-0.1, -0.05) is 12.1 Å². The van der Waals surface area contributed by atoms with Crippen LogP contribution < -0.4 is 4.74 Å². The second kappa shape index (κ2) is 9.90. The van der Waals surface area contributed by atoms with Crippen molar-refractivity contribution in [3.63, 3.8) is 0 Å². The standard InChI is InChI=1S/C20H31NO5/c1-5-25-19(22)17-10-12-21(13-11-17)14-16-6-8-18(9-7-16)26-15-20(2,23-3)24-4/h6-9,17H,5,10-15H2,1-4H3. The molecule has 1 aromatic rings. The normalized spacial score (nSPS) is 16.5. The Morgan fingerprint density at radius 2 is 1.77 bits per heavy atom. The van der Waals surface area contributed by atoms with Crippen molar-refractivity contribution in [2.24, 2.45) is 5.92 Å². The highest BCUT2D eigenvalue weighted by Crippen LogP contribution is 2.22. The minimum atomic E-state index is -0.748. The van der Waals surface area contributed by atoms with E-state index in [1.807, 2.05) is 26.0 Å². The van der Waals surface area contributed by atoms with Gasteiger partial charge in [0.1, 0.15) is 12.4 Å². The van der Waals surface area contributed by atoms with Gasteiger partial charge in [0.05, 0.1) is 12.5 Å². The molecule has 1 saturated heterocycles. The largest absolute Gasteiger partial charge is 0.488 e. The van der Waals surface area contributed by atoms with Crippen molar-refractivity contribution in [1.29, 1.82) is 0 Å².